The van der Waals surface area contributed by atoms with Crippen molar-refractivity contribution < 1.29 is 13.9 Å². The van der Waals surface area contributed by atoms with Crippen LogP contribution in [0, 0.1) is 5.82 Å². The molecule has 0 fully saturated rings. The number of carbonyl (C=O) groups excluding carboxylic acids is 1. The van der Waals surface area contributed by atoms with Crippen LogP contribution in [0.1, 0.15) is 15.9 Å². The summed E-state index contributed by atoms with van der Waals surface area (Å²) in [5.74, 6) is -0.667. The number of ether oxygens (including phenoxy) is 1. The largest absolute Gasteiger partial charge is 0.497 e. The second-order valence-corrected chi connectivity index (χ2v) is 5.09. The van der Waals surface area contributed by atoms with Gasteiger partial charge in [-0.15, -0.1) is 0 Å². The predicted octanol–water partition coefficient (Wildman–Crippen LogP) is 4.48. The number of benzene rings is 2. The van der Waals surface area contributed by atoms with E-state index in [1.54, 1.807) is 24.3 Å². The third-order valence-electron chi connectivity index (χ3n) is 2.60. The van der Waals surface area contributed by atoms with Crippen molar-refractivity contribution in [2.75, 3.05) is 7.11 Å². The summed E-state index contributed by atoms with van der Waals surface area (Å²) in [6, 6.07) is 8.85. The Labute approximate surface area is 123 Å². The van der Waals surface area contributed by atoms with Crippen LogP contribution in [-0.4, -0.2) is 12.9 Å². The molecular formula is C14H9BrClFO2. The molecule has 0 heterocycles. The highest BCUT2D eigenvalue weighted by atomic mass is 79.9. The van der Waals surface area contributed by atoms with E-state index in [0.717, 1.165) is 0 Å². The third-order valence-corrected chi connectivity index (χ3v) is 3.49. The van der Waals surface area contributed by atoms with E-state index in [0.29, 0.717) is 20.8 Å². The lowest BCUT2D eigenvalue weighted by atomic mass is 10.0. The van der Waals surface area contributed by atoms with E-state index in [1.165, 1.54) is 19.2 Å². The monoisotopic (exact) mass is 342 g/mol. The Balaban J connectivity index is 2.44. The lowest BCUT2D eigenvalue weighted by Gasteiger charge is -2.07. The van der Waals surface area contributed by atoms with Crippen LogP contribution < -0.4 is 4.74 Å². The average Bonchev–Trinajstić information content (AvgIpc) is 2.37. The van der Waals surface area contributed by atoms with E-state index < -0.39 is 11.6 Å². The van der Waals surface area contributed by atoms with Gasteiger partial charge in [-0.25, -0.2) is 4.39 Å². The maximum absolute atomic E-state index is 13.8. The molecule has 0 bridgehead atoms. The smallest absolute Gasteiger partial charge is 0.197 e. The van der Waals surface area contributed by atoms with Crippen molar-refractivity contribution in [2.45, 2.75) is 0 Å². The molecule has 2 rings (SSSR count). The van der Waals surface area contributed by atoms with E-state index in [1.807, 2.05) is 0 Å². The number of carbonyl (C=O) groups is 1. The molecular weight excluding hydrogens is 335 g/mol. The number of hydrogen-bond donors (Lipinski definition) is 0. The molecule has 2 aromatic rings. The lowest BCUT2D eigenvalue weighted by molar-refractivity contribution is 0.103. The zero-order valence-electron chi connectivity index (χ0n) is 9.91. The highest BCUT2D eigenvalue weighted by molar-refractivity contribution is 9.10. The van der Waals surface area contributed by atoms with Gasteiger partial charge in [-0.2, -0.15) is 0 Å². The van der Waals surface area contributed by atoms with Gasteiger partial charge in [0.1, 0.15) is 11.6 Å². The summed E-state index contributed by atoms with van der Waals surface area (Å²) >= 11 is 9.05. The van der Waals surface area contributed by atoms with Crippen molar-refractivity contribution in [3.63, 3.8) is 0 Å². The van der Waals surface area contributed by atoms with E-state index in [4.69, 9.17) is 16.3 Å². The zero-order valence-corrected chi connectivity index (χ0v) is 12.3. The van der Waals surface area contributed by atoms with Gasteiger partial charge in [0.2, 0.25) is 0 Å². The summed E-state index contributed by atoms with van der Waals surface area (Å²) in [4.78, 5) is 12.2. The van der Waals surface area contributed by atoms with Crippen molar-refractivity contribution in [1.29, 1.82) is 0 Å². The summed E-state index contributed by atoms with van der Waals surface area (Å²) in [5, 5.41) is 0.499. The molecule has 0 aliphatic carbocycles. The van der Waals surface area contributed by atoms with E-state index in [9.17, 15) is 9.18 Å². The normalized spacial score (nSPS) is 10.3. The first-order chi connectivity index (χ1) is 9.02. The zero-order chi connectivity index (χ0) is 14.0. The van der Waals surface area contributed by atoms with Gasteiger partial charge in [0.05, 0.1) is 12.7 Å². The fraction of sp³-hybridized carbons (Fsp3) is 0.0714. The molecule has 0 unspecified atom stereocenters. The fourth-order valence-corrected chi connectivity index (χ4v) is 2.49. The highest BCUT2D eigenvalue weighted by Crippen LogP contribution is 2.26. The molecule has 98 valence electrons. The van der Waals surface area contributed by atoms with Crippen molar-refractivity contribution >= 4 is 33.3 Å². The fourth-order valence-electron chi connectivity index (χ4n) is 1.63. The minimum atomic E-state index is -0.619. The minimum Gasteiger partial charge on any atom is -0.497 e. The van der Waals surface area contributed by atoms with Crippen LogP contribution in [0.25, 0.3) is 0 Å². The predicted molar refractivity (Wildman–Crippen MR) is 75.5 cm³/mol. The summed E-state index contributed by atoms with van der Waals surface area (Å²) in [5.41, 5.74) is 0.345. The number of ketones is 1. The molecule has 2 aromatic carbocycles. The molecule has 5 heteroatoms. The number of methoxy groups -OCH3 is 1. The molecule has 0 N–H and O–H groups in total. The van der Waals surface area contributed by atoms with Crippen LogP contribution in [-0.2, 0) is 0 Å². The summed E-state index contributed by atoms with van der Waals surface area (Å²) in [6.07, 6.45) is 0. The molecule has 0 atom stereocenters. The van der Waals surface area contributed by atoms with Gasteiger partial charge in [0.25, 0.3) is 0 Å². The van der Waals surface area contributed by atoms with E-state index >= 15 is 0 Å². The van der Waals surface area contributed by atoms with Crippen molar-refractivity contribution in [3.05, 3.63) is 62.8 Å². The molecule has 0 aliphatic rings. The Morgan fingerprint density at radius 1 is 1.21 bits per heavy atom. The van der Waals surface area contributed by atoms with Crippen LogP contribution >= 0.6 is 27.5 Å². The second kappa shape index (κ2) is 5.72. The second-order valence-electron chi connectivity index (χ2n) is 3.80. The van der Waals surface area contributed by atoms with Crippen LogP contribution in [0.4, 0.5) is 4.39 Å². The standard InChI is InChI=1S/C14H9BrClFO2/c1-19-9-3-5-11(13(17)7-9)14(18)10-4-2-8(16)6-12(10)15/h2-7H,1H3. The molecule has 0 aliphatic heterocycles. The van der Waals surface area contributed by atoms with Gasteiger partial charge < -0.3 is 4.74 Å². The van der Waals surface area contributed by atoms with Gasteiger partial charge >= 0.3 is 0 Å². The Morgan fingerprint density at radius 3 is 2.47 bits per heavy atom. The molecule has 19 heavy (non-hydrogen) atoms. The molecule has 2 nitrogen and oxygen atoms in total. The minimum absolute atomic E-state index is 0.0103. The quantitative estimate of drug-likeness (QED) is 0.768. The Bertz CT molecular complexity index is 643. The topological polar surface area (TPSA) is 26.3 Å². The third kappa shape index (κ3) is 2.96. The average molecular weight is 344 g/mol. The van der Waals surface area contributed by atoms with Crippen molar-refractivity contribution in [2.24, 2.45) is 0 Å². The lowest BCUT2D eigenvalue weighted by Crippen LogP contribution is -2.05. The summed E-state index contributed by atoms with van der Waals surface area (Å²) in [6.45, 7) is 0. The first-order valence-corrected chi connectivity index (χ1v) is 6.53. The maximum Gasteiger partial charge on any atom is 0.197 e. The summed E-state index contributed by atoms with van der Waals surface area (Å²) in [7, 11) is 1.44. The molecule has 0 amide bonds. The van der Waals surface area contributed by atoms with Gasteiger partial charge in [0, 0.05) is 21.1 Å². The number of halogens is 3. The van der Waals surface area contributed by atoms with Crippen molar-refractivity contribution in [1.82, 2.24) is 0 Å². The Morgan fingerprint density at radius 2 is 1.89 bits per heavy atom. The van der Waals surface area contributed by atoms with Crippen LogP contribution in [0.5, 0.6) is 5.75 Å². The Kier molecular flexibility index (Phi) is 4.22. The number of hydrogen-bond acceptors (Lipinski definition) is 2. The highest BCUT2D eigenvalue weighted by Gasteiger charge is 2.17. The Hall–Kier alpha value is -1.39. The van der Waals surface area contributed by atoms with Crippen LogP contribution in [0.2, 0.25) is 5.02 Å². The van der Waals surface area contributed by atoms with Crippen LogP contribution in [0.3, 0.4) is 0 Å². The van der Waals surface area contributed by atoms with Gasteiger partial charge in [-0.1, -0.05) is 11.6 Å². The van der Waals surface area contributed by atoms with E-state index in [2.05, 4.69) is 15.9 Å². The van der Waals surface area contributed by atoms with Gasteiger partial charge in [-0.05, 0) is 46.3 Å². The van der Waals surface area contributed by atoms with E-state index in [-0.39, 0.29) is 5.56 Å². The maximum atomic E-state index is 13.8. The number of rotatable bonds is 3. The van der Waals surface area contributed by atoms with Crippen molar-refractivity contribution in [3.8, 4) is 5.75 Å². The van der Waals surface area contributed by atoms with Gasteiger partial charge in [0.15, 0.2) is 5.78 Å². The summed E-state index contributed by atoms with van der Waals surface area (Å²) < 4.78 is 19.3. The first-order valence-electron chi connectivity index (χ1n) is 5.36. The molecule has 0 saturated heterocycles. The molecule has 0 saturated carbocycles. The molecule has 0 spiro atoms. The molecule has 0 radical (unpaired) electrons. The molecule has 0 aromatic heterocycles. The van der Waals surface area contributed by atoms with Gasteiger partial charge in [-0.3, -0.25) is 4.79 Å². The SMILES string of the molecule is COc1ccc(C(=O)c2ccc(Cl)cc2Br)c(F)c1. The first kappa shape index (κ1) is 14.0. The van der Waals surface area contributed by atoms with Crippen LogP contribution in [0.15, 0.2) is 40.9 Å².